The molecule has 2 aromatic rings. The molecule has 2 aromatic carbocycles. The molecular formula is C29H38N2O6. The van der Waals surface area contributed by atoms with Gasteiger partial charge in [-0.15, -0.1) is 0 Å². The van der Waals surface area contributed by atoms with Crippen molar-refractivity contribution in [2.45, 2.75) is 59.0 Å². The Kier molecular flexibility index (Phi) is 12.3. The summed E-state index contributed by atoms with van der Waals surface area (Å²) in [6.45, 7) is 8.11. The standard InChI is InChI=1S/C29H38N2O6/c1-20(2)18-36-28(34)24(15-22-11-7-5-8-12-22)30-26(32)17-27(33)31-25(29(35)37-19-21(3)4)16-23-13-9-6-10-14-23/h5-14,20-21,24-25H,15-19H2,1-4H3,(H,30,32)(H,31,33)/t24-,25-/m0/s1. The first-order chi connectivity index (χ1) is 17.6. The zero-order valence-electron chi connectivity index (χ0n) is 22.1. The lowest BCUT2D eigenvalue weighted by Crippen LogP contribution is -2.48. The molecule has 2 rings (SSSR count). The summed E-state index contributed by atoms with van der Waals surface area (Å²) in [6, 6.07) is 16.6. The molecule has 0 aliphatic carbocycles. The van der Waals surface area contributed by atoms with E-state index < -0.39 is 42.3 Å². The Balaban J connectivity index is 2.03. The number of amides is 2. The molecule has 0 spiro atoms. The highest BCUT2D eigenvalue weighted by Gasteiger charge is 2.27. The molecule has 0 bridgehead atoms. The van der Waals surface area contributed by atoms with Crippen molar-refractivity contribution in [1.82, 2.24) is 10.6 Å². The van der Waals surface area contributed by atoms with E-state index in [1.54, 1.807) is 0 Å². The van der Waals surface area contributed by atoms with Crippen LogP contribution in [0.5, 0.6) is 0 Å². The highest BCUT2D eigenvalue weighted by molar-refractivity contribution is 5.99. The van der Waals surface area contributed by atoms with Crippen LogP contribution in [0.4, 0.5) is 0 Å². The molecule has 37 heavy (non-hydrogen) atoms. The lowest BCUT2D eigenvalue weighted by Gasteiger charge is -2.20. The highest BCUT2D eigenvalue weighted by Crippen LogP contribution is 2.08. The van der Waals surface area contributed by atoms with Gasteiger partial charge in [-0.25, -0.2) is 9.59 Å². The Morgan fingerprint density at radius 3 is 1.30 bits per heavy atom. The van der Waals surface area contributed by atoms with Gasteiger partial charge in [0.25, 0.3) is 0 Å². The summed E-state index contributed by atoms with van der Waals surface area (Å²) in [5, 5.41) is 5.24. The molecule has 0 fully saturated rings. The van der Waals surface area contributed by atoms with Crippen LogP contribution >= 0.6 is 0 Å². The van der Waals surface area contributed by atoms with E-state index >= 15 is 0 Å². The molecular weight excluding hydrogens is 472 g/mol. The number of benzene rings is 2. The maximum absolute atomic E-state index is 12.7. The summed E-state index contributed by atoms with van der Waals surface area (Å²) < 4.78 is 10.7. The van der Waals surface area contributed by atoms with Crippen molar-refractivity contribution >= 4 is 23.8 Å². The van der Waals surface area contributed by atoms with Crippen LogP contribution < -0.4 is 10.6 Å². The molecule has 0 saturated heterocycles. The zero-order chi connectivity index (χ0) is 27.2. The second-order valence-electron chi connectivity index (χ2n) is 9.84. The predicted molar refractivity (Wildman–Crippen MR) is 140 cm³/mol. The van der Waals surface area contributed by atoms with Crippen molar-refractivity contribution in [3.05, 3.63) is 71.8 Å². The Bertz CT molecular complexity index is 926. The smallest absolute Gasteiger partial charge is 0.328 e. The Hall–Kier alpha value is -3.68. The summed E-state index contributed by atoms with van der Waals surface area (Å²) in [7, 11) is 0. The molecule has 0 aliphatic rings. The van der Waals surface area contributed by atoms with Gasteiger partial charge in [-0.2, -0.15) is 0 Å². The fraction of sp³-hybridized carbons (Fsp3) is 0.448. The Morgan fingerprint density at radius 2 is 0.973 bits per heavy atom. The van der Waals surface area contributed by atoms with Gasteiger partial charge in [0.15, 0.2) is 0 Å². The van der Waals surface area contributed by atoms with Crippen LogP contribution in [-0.2, 0) is 41.5 Å². The fourth-order valence-corrected chi connectivity index (χ4v) is 3.42. The van der Waals surface area contributed by atoms with Gasteiger partial charge < -0.3 is 20.1 Å². The van der Waals surface area contributed by atoms with E-state index in [9.17, 15) is 19.2 Å². The van der Waals surface area contributed by atoms with E-state index in [0.717, 1.165) is 11.1 Å². The van der Waals surface area contributed by atoms with Gasteiger partial charge in [0.1, 0.15) is 18.5 Å². The van der Waals surface area contributed by atoms with E-state index in [0.29, 0.717) is 0 Å². The third-order valence-corrected chi connectivity index (χ3v) is 5.24. The number of hydrogen-bond donors (Lipinski definition) is 2. The lowest BCUT2D eigenvalue weighted by molar-refractivity contribution is -0.150. The molecule has 2 atom stereocenters. The van der Waals surface area contributed by atoms with Crippen molar-refractivity contribution in [3.8, 4) is 0 Å². The lowest BCUT2D eigenvalue weighted by atomic mass is 10.1. The SMILES string of the molecule is CC(C)COC(=O)[C@H](Cc1ccccc1)NC(=O)CC(=O)N[C@@H](Cc1ccccc1)C(=O)OCC(C)C. The Morgan fingerprint density at radius 1 is 0.622 bits per heavy atom. The minimum absolute atomic E-state index is 0.139. The summed E-state index contributed by atoms with van der Waals surface area (Å²) in [4.78, 5) is 50.8. The zero-order valence-corrected chi connectivity index (χ0v) is 22.1. The topological polar surface area (TPSA) is 111 Å². The van der Waals surface area contributed by atoms with Gasteiger partial charge in [0.05, 0.1) is 13.2 Å². The van der Waals surface area contributed by atoms with Crippen molar-refractivity contribution in [2.75, 3.05) is 13.2 Å². The van der Waals surface area contributed by atoms with Gasteiger partial charge >= 0.3 is 11.9 Å². The number of rotatable bonds is 14. The van der Waals surface area contributed by atoms with Crippen molar-refractivity contribution in [2.24, 2.45) is 11.8 Å². The van der Waals surface area contributed by atoms with Gasteiger partial charge in [-0.1, -0.05) is 88.4 Å². The van der Waals surface area contributed by atoms with Gasteiger partial charge in [-0.05, 0) is 23.0 Å². The number of hydrogen-bond acceptors (Lipinski definition) is 6. The van der Waals surface area contributed by atoms with Crippen LogP contribution in [0.1, 0.15) is 45.2 Å². The van der Waals surface area contributed by atoms with E-state index in [4.69, 9.17) is 9.47 Å². The second kappa shape index (κ2) is 15.4. The van der Waals surface area contributed by atoms with Crippen LogP contribution in [0.2, 0.25) is 0 Å². The number of esters is 2. The quantitative estimate of drug-likeness (QED) is 0.298. The minimum atomic E-state index is -0.947. The largest absolute Gasteiger partial charge is 0.464 e. The van der Waals surface area contributed by atoms with Crippen molar-refractivity contribution in [1.29, 1.82) is 0 Å². The maximum atomic E-state index is 12.7. The number of carbonyl (C=O) groups excluding carboxylic acids is 4. The third-order valence-electron chi connectivity index (χ3n) is 5.24. The third kappa shape index (κ3) is 11.7. The molecule has 8 nitrogen and oxygen atoms in total. The molecule has 0 aliphatic heterocycles. The predicted octanol–water partition coefficient (Wildman–Crippen LogP) is 3.23. The molecule has 0 radical (unpaired) electrons. The van der Waals surface area contributed by atoms with Crippen LogP contribution in [-0.4, -0.2) is 49.1 Å². The molecule has 2 N–H and O–H groups in total. The first-order valence-electron chi connectivity index (χ1n) is 12.6. The van der Waals surface area contributed by atoms with Gasteiger partial charge in [0, 0.05) is 12.8 Å². The first-order valence-corrected chi connectivity index (χ1v) is 12.6. The molecule has 0 saturated carbocycles. The summed E-state index contributed by atoms with van der Waals surface area (Å²) >= 11 is 0. The van der Waals surface area contributed by atoms with Crippen LogP contribution in [0.25, 0.3) is 0 Å². The van der Waals surface area contributed by atoms with E-state index in [1.807, 2.05) is 88.4 Å². The highest BCUT2D eigenvalue weighted by atomic mass is 16.5. The minimum Gasteiger partial charge on any atom is -0.464 e. The monoisotopic (exact) mass is 510 g/mol. The molecule has 0 unspecified atom stereocenters. The number of carbonyl (C=O) groups is 4. The fourth-order valence-electron chi connectivity index (χ4n) is 3.42. The van der Waals surface area contributed by atoms with E-state index in [1.165, 1.54) is 0 Å². The molecule has 8 heteroatoms. The summed E-state index contributed by atoms with van der Waals surface area (Å²) in [5.41, 5.74) is 1.68. The van der Waals surface area contributed by atoms with Gasteiger partial charge in [-0.3, -0.25) is 9.59 Å². The average Bonchev–Trinajstić information content (AvgIpc) is 2.86. The Labute approximate surface area is 219 Å². The second-order valence-corrected chi connectivity index (χ2v) is 9.84. The first kappa shape index (κ1) is 29.5. The summed E-state index contributed by atoms with van der Waals surface area (Å²) in [6.07, 6.45) is -0.0991. The molecule has 0 aromatic heterocycles. The van der Waals surface area contributed by atoms with E-state index in [-0.39, 0.29) is 37.9 Å². The van der Waals surface area contributed by atoms with Crippen LogP contribution in [0.3, 0.4) is 0 Å². The number of ether oxygens (including phenoxy) is 2. The van der Waals surface area contributed by atoms with Gasteiger partial charge in [0.2, 0.25) is 11.8 Å². The van der Waals surface area contributed by atoms with Crippen LogP contribution in [0, 0.1) is 11.8 Å². The maximum Gasteiger partial charge on any atom is 0.328 e. The molecule has 2 amide bonds. The normalized spacial score (nSPS) is 12.5. The van der Waals surface area contributed by atoms with Crippen LogP contribution in [0.15, 0.2) is 60.7 Å². The average molecular weight is 511 g/mol. The van der Waals surface area contributed by atoms with E-state index in [2.05, 4.69) is 10.6 Å². The van der Waals surface area contributed by atoms with Crippen molar-refractivity contribution in [3.63, 3.8) is 0 Å². The molecule has 200 valence electrons. The number of nitrogens with one attached hydrogen (secondary N) is 2. The summed E-state index contributed by atoms with van der Waals surface area (Å²) in [5.74, 6) is -2.14. The molecule has 0 heterocycles. The van der Waals surface area contributed by atoms with Crippen molar-refractivity contribution < 1.29 is 28.7 Å².